The first-order chi connectivity index (χ1) is 14.5. The lowest BCUT2D eigenvalue weighted by atomic mass is 10.0. The molecule has 160 valence electrons. The van der Waals surface area contributed by atoms with E-state index in [4.69, 9.17) is 4.74 Å². The highest BCUT2D eigenvalue weighted by Gasteiger charge is 2.32. The lowest BCUT2D eigenvalue weighted by Crippen LogP contribution is -3.13. The topological polar surface area (TPSA) is 63.1 Å². The number of quaternary nitrogens is 1. The van der Waals surface area contributed by atoms with Crippen molar-refractivity contribution in [3.8, 4) is 5.75 Å². The minimum absolute atomic E-state index is 0.0311. The molecule has 0 spiro atoms. The molecule has 2 amide bonds. The second-order valence-corrected chi connectivity index (χ2v) is 9.41. The SMILES string of the molecule is CC(C)[C@@H](NC(=O)c1cccs1)C(=O)N1CC[NH+](Cc2ccc3c(c2)CCO3)CC1. The average Bonchev–Trinajstić information content (AvgIpc) is 3.43. The van der Waals surface area contributed by atoms with Crippen LogP contribution in [-0.2, 0) is 17.8 Å². The van der Waals surface area contributed by atoms with Gasteiger partial charge in [-0.05, 0) is 41.1 Å². The van der Waals surface area contributed by atoms with E-state index in [9.17, 15) is 9.59 Å². The van der Waals surface area contributed by atoms with E-state index < -0.39 is 6.04 Å². The van der Waals surface area contributed by atoms with Gasteiger partial charge in [-0.25, -0.2) is 0 Å². The van der Waals surface area contributed by atoms with Crippen LogP contribution < -0.4 is 15.0 Å². The minimum Gasteiger partial charge on any atom is -0.493 e. The number of amides is 2. The molecular formula is C23H30N3O3S+. The first kappa shape index (κ1) is 20.9. The minimum atomic E-state index is -0.488. The Balaban J connectivity index is 1.31. The second-order valence-electron chi connectivity index (χ2n) is 8.47. The van der Waals surface area contributed by atoms with Crippen LogP contribution in [0.5, 0.6) is 5.75 Å². The van der Waals surface area contributed by atoms with Crippen LogP contribution in [0, 0.1) is 5.92 Å². The number of benzene rings is 1. The van der Waals surface area contributed by atoms with Crippen LogP contribution in [0.15, 0.2) is 35.7 Å². The van der Waals surface area contributed by atoms with Gasteiger partial charge < -0.3 is 19.9 Å². The number of fused-ring (bicyclic) bond motifs is 1. The van der Waals surface area contributed by atoms with E-state index in [1.807, 2.05) is 30.2 Å². The molecule has 1 fully saturated rings. The quantitative estimate of drug-likeness (QED) is 0.731. The second kappa shape index (κ2) is 9.18. The highest BCUT2D eigenvalue weighted by molar-refractivity contribution is 7.12. The Hall–Kier alpha value is -2.38. The highest BCUT2D eigenvalue weighted by atomic mass is 32.1. The number of carbonyl (C=O) groups is 2. The van der Waals surface area contributed by atoms with Gasteiger partial charge in [0.1, 0.15) is 18.3 Å². The molecule has 6 nitrogen and oxygen atoms in total. The molecule has 30 heavy (non-hydrogen) atoms. The van der Waals surface area contributed by atoms with E-state index >= 15 is 0 Å². The maximum Gasteiger partial charge on any atom is 0.262 e. The number of ether oxygens (including phenoxy) is 1. The number of thiophene rings is 1. The molecule has 2 aliphatic rings. The van der Waals surface area contributed by atoms with Crippen molar-refractivity contribution >= 4 is 23.2 Å². The number of nitrogens with zero attached hydrogens (tertiary/aromatic N) is 1. The Morgan fingerprint density at radius 2 is 2.03 bits per heavy atom. The lowest BCUT2D eigenvalue weighted by molar-refractivity contribution is -0.917. The summed E-state index contributed by atoms with van der Waals surface area (Å²) in [5.41, 5.74) is 2.64. The van der Waals surface area contributed by atoms with Gasteiger partial charge in [0.05, 0.1) is 37.7 Å². The summed E-state index contributed by atoms with van der Waals surface area (Å²) in [5, 5.41) is 4.82. The van der Waals surface area contributed by atoms with Crippen LogP contribution in [0.25, 0.3) is 0 Å². The smallest absolute Gasteiger partial charge is 0.262 e. The maximum absolute atomic E-state index is 13.1. The number of piperazine rings is 1. The first-order valence-corrected chi connectivity index (χ1v) is 11.6. The van der Waals surface area contributed by atoms with Crippen molar-refractivity contribution in [2.75, 3.05) is 32.8 Å². The van der Waals surface area contributed by atoms with E-state index in [-0.39, 0.29) is 17.7 Å². The average molecular weight is 429 g/mol. The summed E-state index contributed by atoms with van der Waals surface area (Å²) >= 11 is 1.39. The molecule has 1 atom stereocenters. The van der Waals surface area contributed by atoms with E-state index in [1.54, 1.807) is 6.07 Å². The Morgan fingerprint density at radius 1 is 1.23 bits per heavy atom. The van der Waals surface area contributed by atoms with E-state index in [1.165, 1.54) is 27.4 Å². The normalized spacial score (nSPS) is 17.5. The molecule has 1 saturated heterocycles. The summed E-state index contributed by atoms with van der Waals surface area (Å²) in [6.07, 6.45) is 0.995. The fourth-order valence-corrected chi connectivity index (χ4v) is 4.82. The van der Waals surface area contributed by atoms with Gasteiger partial charge in [0.25, 0.3) is 5.91 Å². The molecule has 3 heterocycles. The Bertz CT molecular complexity index is 889. The van der Waals surface area contributed by atoms with Crippen LogP contribution in [-0.4, -0.2) is 55.5 Å². The lowest BCUT2D eigenvalue weighted by Gasteiger charge is -2.35. The van der Waals surface area contributed by atoms with E-state index in [2.05, 4.69) is 23.5 Å². The summed E-state index contributed by atoms with van der Waals surface area (Å²) in [5.74, 6) is 0.930. The van der Waals surface area contributed by atoms with Gasteiger partial charge in [-0.1, -0.05) is 19.9 Å². The van der Waals surface area contributed by atoms with E-state index in [0.717, 1.165) is 51.5 Å². The van der Waals surface area contributed by atoms with Gasteiger partial charge in [0.2, 0.25) is 5.91 Å². The molecular weight excluding hydrogens is 398 g/mol. The van der Waals surface area contributed by atoms with Crippen LogP contribution in [0.2, 0.25) is 0 Å². The van der Waals surface area contributed by atoms with Gasteiger partial charge in [0.15, 0.2) is 0 Å². The molecule has 2 N–H and O–H groups in total. The van der Waals surface area contributed by atoms with Crippen molar-refractivity contribution in [3.63, 3.8) is 0 Å². The zero-order valence-electron chi connectivity index (χ0n) is 17.6. The van der Waals surface area contributed by atoms with Crippen LogP contribution in [0.4, 0.5) is 0 Å². The predicted molar refractivity (Wildman–Crippen MR) is 117 cm³/mol. The Labute approximate surface area is 181 Å². The largest absolute Gasteiger partial charge is 0.493 e. The third kappa shape index (κ3) is 4.68. The maximum atomic E-state index is 13.1. The third-order valence-electron chi connectivity index (χ3n) is 5.95. The van der Waals surface area contributed by atoms with Crippen LogP contribution in [0.1, 0.15) is 34.6 Å². The molecule has 0 unspecified atom stereocenters. The van der Waals surface area contributed by atoms with Crippen molar-refractivity contribution in [1.82, 2.24) is 10.2 Å². The Kier molecular flexibility index (Phi) is 6.39. The molecule has 4 rings (SSSR count). The van der Waals surface area contributed by atoms with Gasteiger partial charge >= 0.3 is 0 Å². The van der Waals surface area contributed by atoms with Gasteiger partial charge in [-0.3, -0.25) is 9.59 Å². The molecule has 0 bridgehead atoms. The van der Waals surface area contributed by atoms with E-state index in [0.29, 0.717) is 4.88 Å². The van der Waals surface area contributed by atoms with Crippen molar-refractivity contribution in [3.05, 3.63) is 51.7 Å². The zero-order valence-corrected chi connectivity index (χ0v) is 18.5. The van der Waals surface area contributed by atoms with Gasteiger partial charge in [0, 0.05) is 12.0 Å². The number of hydrogen-bond donors (Lipinski definition) is 2. The summed E-state index contributed by atoms with van der Waals surface area (Å²) in [6, 6.07) is 9.65. The fraction of sp³-hybridized carbons (Fsp3) is 0.478. The summed E-state index contributed by atoms with van der Waals surface area (Å²) in [7, 11) is 0. The number of carbonyl (C=O) groups excluding carboxylic acids is 2. The standard InChI is InChI=1S/C23H29N3O3S/c1-16(2)21(24-22(27)20-4-3-13-30-20)23(28)26-10-8-25(9-11-26)15-17-5-6-19-18(14-17)7-12-29-19/h3-6,13-14,16,21H,7-12,15H2,1-2H3,(H,24,27)/p+1/t21-/m1/s1. The first-order valence-electron chi connectivity index (χ1n) is 10.7. The fourth-order valence-electron chi connectivity index (χ4n) is 4.19. The Morgan fingerprint density at radius 3 is 2.73 bits per heavy atom. The number of nitrogens with one attached hydrogen (secondary N) is 2. The third-order valence-corrected chi connectivity index (χ3v) is 6.82. The van der Waals surface area contributed by atoms with Crippen LogP contribution >= 0.6 is 11.3 Å². The molecule has 0 aliphatic carbocycles. The molecule has 0 radical (unpaired) electrons. The van der Waals surface area contributed by atoms with Gasteiger partial charge in [-0.15, -0.1) is 11.3 Å². The zero-order chi connectivity index (χ0) is 21.1. The van der Waals surface area contributed by atoms with Crippen LogP contribution in [0.3, 0.4) is 0 Å². The van der Waals surface area contributed by atoms with Gasteiger partial charge in [-0.2, -0.15) is 0 Å². The highest BCUT2D eigenvalue weighted by Crippen LogP contribution is 2.25. The van der Waals surface area contributed by atoms with Crippen molar-refractivity contribution in [1.29, 1.82) is 0 Å². The number of hydrogen-bond acceptors (Lipinski definition) is 4. The summed E-state index contributed by atoms with van der Waals surface area (Å²) in [6.45, 7) is 9.00. The predicted octanol–water partition coefficient (Wildman–Crippen LogP) is 1.36. The molecule has 2 aromatic rings. The molecule has 7 heteroatoms. The molecule has 0 saturated carbocycles. The number of rotatable bonds is 6. The summed E-state index contributed by atoms with van der Waals surface area (Å²) in [4.78, 5) is 29.6. The molecule has 1 aromatic heterocycles. The van der Waals surface area contributed by atoms with Crippen molar-refractivity contribution in [2.45, 2.75) is 32.9 Å². The van der Waals surface area contributed by atoms with Crippen molar-refractivity contribution < 1.29 is 19.2 Å². The summed E-state index contributed by atoms with van der Waals surface area (Å²) < 4.78 is 5.60. The monoisotopic (exact) mass is 428 g/mol. The van der Waals surface area contributed by atoms with Crippen molar-refractivity contribution in [2.24, 2.45) is 5.92 Å². The molecule has 2 aliphatic heterocycles. The molecule has 1 aromatic carbocycles.